The average Bonchev–Trinajstić information content (AvgIpc) is 2.26. The van der Waals surface area contributed by atoms with Gasteiger partial charge in [-0.3, -0.25) is 0 Å². The number of thioether (sulfide) groups is 1. The number of rotatable bonds is 4. The van der Waals surface area contributed by atoms with Gasteiger partial charge in [0.05, 0.1) is 25.7 Å². The quantitative estimate of drug-likeness (QED) is 0.777. The fraction of sp³-hybridized carbons (Fsp3) is 0.400. The van der Waals surface area contributed by atoms with Gasteiger partial charge < -0.3 is 14.6 Å². The Bertz CT molecular complexity index is 287. The lowest BCUT2D eigenvalue weighted by molar-refractivity contribution is 0.279. The van der Waals surface area contributed by atoms with Gasteiger partial charge in [-0.25, -0.2) is 0 Å². The zero-order chi connectivity index (χ0) is 10.6. The predicted molar refractivity (Wildman–Crippen MR) is 57.2 cm³/mol. The van der Waals surface area contributed by atoms with Crippen molar-refractivity contribution in [2.75, 3.05) is 20.5 Å². The van der Waals surface area contributed by atoms with Crippen molar-refractivity contribution in [3.05, 3.63) is 17.7 Å². The van der Waals surface area contributed by atoms with Crippen LogP contribution in [0.2, 0.25) is 0 Å². The maximum Gasteiger partial charge on any atom is 0.136 e. The summed E-state index contributed by atoms with van der Waals surface area (Å²) in [6.45, 7) is -0.0125. The molecular weight excluding hydrogens is 200 g/mol. The Hall–Kier alpha value is -0.870. The van der Waals surface area contributed by atoms with Crippen molar-refractivity contribution in [3.63, 3.8) is 0 Å². The maximum atomic E-state index is 9.02. The molecule has 0 atom stereocenters. The molecule has 0 heterocycles. The maximum absolute atomic E-state index is 9.02. The minimum Gasteiger partial charge on any atom is -0.495 e. The van der Waals surface area contributed by atoms with Crippen LogP contribution in [0.4, 0.5) is 0 Å². The van der Waals surface area contributed by atoms with Crippen LogP contribution in [0.3, 0.4) is 0 Å². The monoisotopic (exact) mass is 214 g/mol. The molecule has 0 saturated heterocycles. The first-order valence-corrected chi connectivity index (χ1v) is 5.39. The highest BCUT2D eigenvalue weighted by Gasteiger charge is 2.10. The minimum atomic E-state index is -0.0125. The van der Waals surface area contributed by atoms with Gasteiger partial charge in [0.25, 0.3) is 0 Å². The molecule has 78 valence electrons. The normalized spacial score (nSPS) is 10.0. The zero-order valence-corrected chi connectivity index (χ0v) is 9.35. The average molecular weight is 214 g/mol. The first-order valence-electron chi connectivity index (χ1n) is 4.16. The van der Waals surface area contributed by atoms with Gasteiger partial charge in [-0.15, -0.1) is 11.8 Å². The summed E-state index contributed by atoms with van der Waals surface area (Å²) in [6.07, 6.45) is 1.96. The standard InChI is InChI=1S/C10H14O3S/c1-12-8-4-7(6-11)5-9(13-2)10(8)14-3/h4-5,11H,6H2,1-3H3. The molecular formula is C10H14O3S. The Balaban J connectivity index is 3.24. The molecule has 0 amide bonds. The summed E-state index contributed by atoms with van der Waals surface area (Å²) < 4.78 is 10.4. The summed E-state index contributed by atoms with van der Waals surface area (Å²) >= 11 is 1.56. The van der Waals surface area contributed by atoms with E-state index in [0.717, 1.165) is 22.0 Å². The Morgan fingerprint density at radius 2 is 1.71 bits per heavy atom. The Morgan fingerprint density at radius 1 is 1.21 bits per heavy atom. The van der Waals surface area contributed by atoms with Crippen molar-refractivity contribution in [1.82, 2.24) is 0 Å². The molecule has 1 N–H and O–H groups in total. The molecule has 0 radical (unpaired) electrons. The van der Waals surface area contributed by atoms with Gasteiger partial charge in [0.1, 0.15) is 11.5 Å². The van der Waals surface area contributed by atoms with Crippen molar-refractivity contribution >= 4 is 11.8 Å². The van der Waals surface area contributed by atoms with Gasteiger partial charge in [0, 0.05) is 0 Å². The summed E-state index contributed by atoms with van der Waals surface area (Å²) in [6, 6.07) is 3.63. The van der Waals surface area contributed by atoms with E-state index >= 15 is 0 Å². The lowest BCUT2D eigenvalue weighted by atomic mass is 10.2. The van der Waals surface area contributed by atoms with E-state index in [1.54, 1.807) is 26.0 Å². The Labute approximate surface area is 88.0 Å². The first-order chi connectivity index (χ1) is 6.76. The molecule has 1 rings (SSSR count). The van der Waals surface area contributed by atoms with E-state index in [9.17, 15) is 0 Å². The summed E-state index contributed by atoms with van der Waals surface area (Å²) in [5.41, 5.74) is 0.788. The molecule has 4 heteroatoms. The second-order valence-electron chi connectivity index (χ2n) is 2.69. The number of hydrogen-bond donors (Lipinski definition) is 1. The summed E-state index contributed by atoms with van der Waals surface area (Å²) in [5, 5.41) is 9.02. The van der Waals surface area contributed by atoms with Gasteiger partial charge in [-0.2, -0.15) is 0 Å². The van der Waals surface area contributed by atoms with Gasteiger partial charge in [0.15, 0.2) is 0 Å². The third kappa shape index (κ3) is 2.13. The van der Waals surface area contributed by atoms with Crippen LogP contribution in [0.25, 0.3) is 0 Å². The third-order valence-electron chi connectivity index (χ3n) is 1.91. The van der Waals surface area contributed by atoms with Crippen LogP contribution in [0.15, 0.2) is 17.0 Å². The highest BCUT2D eigenvalue weighted by molar-refractivity contribution is 7.98. The van der Waals surface area contributed by atoms with E-state index < -0.39 is 0 Å². The van der Waals surface area contributed by atoms with E-state index in [4.69, 9.17) is 14.6 Å². The molecule has 0 bridgehead atoms. The third-order valence-corrected chi connectivity index (χ3v) is 2.72. The highest BCUT2D eigenvalue weighted by Crippen LogP contribution is 2.37. The molecule has 14 heavy (non-hydrogen) atoms. The van der Waals surface area contributed by atoms with E-state index in [1.807, 2.05) is 18.4 Å². The smallest absolute Gasteiger partial charge is 0.136 e. The topological polar surface area (TPSA) is 38.7 Å². The SMILES string of the molecule is COc1cc(CO)cc(OC)c1SC. The molecule has 1 aromatic rings. The first kappa shape index (κ1) is 11.2. The fourth-order valence-electron chi connectivity index (χ4n) is 1.23. The van der Waals surface area contributed by atoms with E-state index in [-0.39, 0.29) is 6.61 Å². The van der Waals surface area contributed by atoms with E-state index in [0.29, 0.717) is 0 Å². The number of aliphatic hydroxyl groups excluding tert-OH is 1. The van der Waals surface area contributed by atoms with Crippen LogP contribution < -0.4 is 9.47 Å². The molecule has 0 aliphatic heterocycles. The number of aliphatic hydroxyl groups is 1. The second kappa shape index (κ2) is 5.12. The Morgan fingerprint density at radius 3 is 2.00 bits per heavy atom. The molecule has 0 fully saturated rings. The Kier molecular flexibility index (Phi) is 4.10. The summed E-state index contributed by atoms with van der Waals surface area (Å²) in [7, 11) is 3.21. The fourth-order valence-corrected chi connectivity index (χ4v) is 1.91. The van der Waals surface area contributed by atoms with E-state index in [1.165, 1.54) is 0 Å². The van der Waals surface area contributed by atoms with Gasteiger partial charge in [0.2, 0.25) is 0 Å². The van der Waals surface area contributed by atoms with Crippen molar-refractivity contribution in [2.45, 2.75) is 11.5 Å². The number of hydrogen-bond acceptors (Lipinski definition) is 4. The van der Waals surface area contributed by atoms with Crippen molar-refractivity contribution in [3.8, 4) is 11.5 Å². The molecule has 0 aliphatic rings. The summed E-state index contributed by atoms with van der Waals surface area (Å²) in [5.74, 6) is 1.47. The van der Waals surface area contributed by atoms with Crippen LogP contribution in [0, 0.1) is 0 Å². The van der Waals surface area contributed by atoms with Crippen molar-refractivity contribution < 1.29 is 14.6 Å². The lowest BCUT2D eigenvalue weighted by Gasteiger charge is -2.12. The molecule has 0 saturated carbocycles. The second-order valence-corrected chi connectivity index (χ2v) is 3.51. The van der Waals surface area contributed by atoms with Crippen LogP contribution in [0.1, 0.15) is 5.56 Å². The minimum absolute atomic E-state index is 0.0125. The van der Waals surface area contributed by atoms with Crippen molar-refractivity contribution in [2.24, 2.45) is 0 Å². The molecule has 0 spiro atoms. The largest absolute Gasteiger partial charge is 0.495 e. The van der Waals surface area contributed by atoms with Gasteiger partial charge in [-0.05, 0) is 24.0 Å². The predicted octanol–water partition coefficient (Wildman–Crippen LogP) is 1.92. The van der Waals surface area contributed by atoms with Crippen LogP contribution >= 0.6 is 11.8 Å². The number of methoxy groups -OCH3 is 2. The highest BCUT2D eigenvalue weighted by atomic mass is 32.2. The van der Waals surface area contributed by atoms with Gasteiger partial charge in [-0.1, -0.05) is 0 Å². The molecule has 0 unspecified atom stereocenters. The lowest BCUT2D eigenvalue weighted by Crippen LogP contribution is -1.94. The van der Waals surface area contributed by atoms with Crippen molar-refractivity contribution in [1.29, 1.82) is 0 Å². The zero-order valence-electron chi connectivity index (χ0n) is 8.53. The van der Waals surface area contributed by atoms with Crippen LogP contribution in [0.5, 0.6) is 11.5 Å². The molecule has 0 aliphatic carbocycles. The summed E-state index contributed by atoms with van der Waals surface area (Å²) in [4.78, 5) is 0.951. The number of benzene rings is 1. The molecule has 1 aromatic carbocycles. The molecule has 0 aromatic heterocycles. The number of ether oxygens (including phenoxy) is 2. The van der Waals surface area contributed by atoms with Gasteiger partial charge >= 0.3 is 0 Å². The van der Waals surface area contributed by atoms with Crippen LogP contribution in [-0.4, -0.2) is 25.6 Å². The van der Waals surface area contributed by atoms with E-state index in [2.05, 4.69) is 0 Å². The van der Waals surface area contributed by atoms with Crippen LogP contribution in [-0.2, 0) is 6.61 Å². The molecule has 3 nitrogen and oxygen atoms in total.